The Kier molecular flexibility index (Phi) is 7.58. The highest BCUT2D eigenvalue weighted by molar-refractivity contribution is 6.64. The zero-order valence-corrected chi connectivity index (χ0v) is 13.7. The normalized spacial score (nSPS) is 11.9. The fourth-order valence-electron chi connectivity index (χ4n) is 1.91. The first-order valence-electron chi connectivity index (χ1n) is 6.43. The Bertz CT molecular complexity index is 568. The molecule has 0 bridgehead atoms. The Morgan fingerprint density at radius 3 is 2.59 bits per heavy atom. The summed E-state index contributed by atoms with van der Waals surface area (Å²) >= 11 is 11.8. The second-order valence-electron chi connectivity index (χ2n) is 4.64. The highest BCUT2D eigenvalue weighted by Gasteiger charge is 2.26. The van der Waals surface area contributed by atoms with Gasteiger partial charge in [0.1, 0.15) is 6.42 Å². The van der Waals surface area contributed by atoms with Gasteiger partial charge >= 0.3 is 5.97 Å². The van der Waals surface area contributed by atoms with Crippen LogP contribution in [0.1, 0.15) is 12.0 Å². The molecule has 0 amide bonds. The lowest BCUT2D eigenvalue weighted by Crippen LogP contribution is -2.43. The van der Waals surface area contributed by atoms with Gasteiger partial charge in [0, 0.05) is 0 Å². The minimum absolute atomic E-state index is 0.285. The third-order valence-electron chi connectivity index (χ3n) is 3.12. The maximum Gasteiger partial charge on any atom is 0.313 e. The van der Waals surface area contributed by atoms with Crippen LogP contribution in [0.25, 0.3) is 0 Å². The van der Waals surface area contributed by atoms with E-state index in [1.807, 2.05) is 0 Å². The zero-order valence-electron chi connectivity index (χ0n) is 12.2. The van der Waals surface area contributed by atoms with Crippen LogP contribution in [0.15, 0.2) is 18.2 Å². The molecule has 1 aromatic carbocycles. The number of esters is 1. The summed E-state index contributed by atoms with van der Waals surface area (Å²) in [7, 11) is 4.04. The molecule has 0 saturated heterocycles. The van der Waals surface area contributed by atoms with Crippen molar-refractivity contribution in [3.05, 3.63) is 33.8 Å². The molecule has 5 nitrogen and oxygen atoms in total. The SMILES string of the molecule is COC(=O)CC(=O)[C@@H](Cc1ccc(Cl)c(Cl)c1)N(C)[B]C=O. The van der Waals surface area contributed by atoms with E-state index in [0.717, 1.165) is 5.56 Å². The van der Waals surface area contributed by atoms with Gasteiger partial charge in [0.25, 0.3) is 7.41 Å². The van der Waals surface area contributed by atoms with Crippen molar-refractivity contribution in [3.63, 3.8) is 0 Å². The number of nitrogens with zero attached hydrogens (tertiary/aromatic N) is 1. The number of likely N-dealkylation sites (N-methyl/N-ethyl adjacent to an activating group) is 1. The van der Waals surface area contributed by atoms with Crippen LogP contribution in [-0.2, 0) is 25.5 Å². The van der Waals surface area contributed by atoms with E-state index < -0.39 is 12.0 Å². The van der Waals surface area contributed by atoms with Crippen LogP contribution in [0.5, 0.6) is 0 Å². The number of rotatable bonds is 8. The van der Waals surface area contributed by atoms with Crippen molar-refractivity contribution in [1.82, 2.24) is 4.81 Å². The molecular weight excluding hydrogens is 328 g/mol. The standard InChI is InChI=1S/C14H15BCl2NO4/c1-18(15-8-19)12(13(20)7-14(21)22-2)6-9-3-4-10(16)11(17)5-9/h3-5,8,12H,6-7H2,1-2H3/t12-/m1/s1. The Labute approximate surface area is 139 Å². The summed E-state index contributed by atoms with van der Waals surface area (Å²) in [6.45, 7) is 0. The lowest BCUT2D eigenvalue weighted by molar-refractivity contribution is -0.144. The highest BCUT2D eigenvalue weighted by atomic mass is 35.5. The van der Waals surface area contributed by atoms with Gasteiger partial charge in [-0.05, 0) is 31.2 Å². The van der Waals surface area contributed by atoms with Crippen LogP contribution in [0, 0.1) is 0 Å². The first-order chi connectivity index (χ1) is 10.4. The number of hydrogen-bond donors (Lipinski definition) is 0. The van der Waals surface area contributed by atoms with Crippen LogP contribution in [0.3, 0.4) is 0 Å². The third-order valence-corrected chi connectivity index (χ3v) is 3.86. The number of ketones is 1. The van der Waals surface area contributed by atoms with Gasteiger partial charge in [0.2, 0.25) is 0 Å². The van der Waals surface area contributed by atoms with Gasteiger partial charge in [-0.3, -0.25) is 9.59 Å². The first-order valence-corrected chi connectivity index (χ1v) is 7.18. The number of Topliss-reactive ketones (excluding diaryl/α,β-unsaturated/α-hetero) is 1. The van der Waals surface area contributed by atoms with E-state index in [1.54, 1.807) is 25.2 Å². The molecule has 117 valence electrons. The van der Waals surface area contributed by atoms with Crippen molar-refractivity contribution in [2.75, 3.05) is 14.2 Å². The monoisotopic (exact) mass is 342 g/mol. The molecule has 0 aliphatic heterocycles. The number of halogens is 2. The van der Waals surface area contributed by atoms with Crippen molar-refractivity contribution >= 4 is 48.6 Å². The van der Waals surface area contributed by atoms with E-state index in [0.29, 0.717) is 16.2 Å². The summed E-state index contributed by atoms with van der Waals surface area (Å²) in [5.41, 5.74) is 0.767. The fraction of sp³-hybridized carbons (Fsp3) is 0.357. The number of carbonyl (C=O) groups excluding carboxylic acids is 3. The molecule has 0 aromatic heterocycles. The summed E-state index contributed by atoms with van der Waals surface area (Å²) in [5.74, 6) is -0.970. The van der Waals surface area contributed by atoms with Crippen LogP contribution in [0.2, 0.25) is 10.0 Å². The van der Waals surface area contributed by atoms with Crippen molar-refractivity contribution in [1.29, 1.82) is 0 Å². The zero-order chi connectivity index (χ0) is 16.7. The van der Waals surface area contributed by atoms with Gasteiger partial charge in [-0.25, -0.2) is 0 Å². The number of carbonyl (C=O) groups is 3. The van der Waals surface area contributed by atoms with E-state index >= 15 is 0 Å². The molecule has 0 fully saturated rings. The second kappa shape index (κ2) is 8.93. The average Bonchev–Trinajstić information content (AvgIpc) is 2.48. The van der Waals surface area contributed by atoms with Gasteiger partial charge < -0.3 is 14.3 Å². The van der Waals surface area contributed by atoms with E-state index in [1.165, 1.54) is 19.3 Å². The summed E-state index contributed by atoms with van der Waals surface area (Å²) < 4.78 is 4.50. The summed E-state index contributed by atoms with van der Waals surface area (Å²) in [5, 5.41) is 0.788. The molecule has 1 aromatic rings. The molecule has 1 rings (SSSR count). The minimum atomic E-state index is -0.679. The minimum Gasteiger partial charge on any atom is -0.469 e. The molecule has 0 saturated carbocycles. The molecular formula is C14H15BCl2NO4. The van der Waals surface area contributed by atoms with E-state index in [2.05, 4.69) is 4.74 Å². The second-order valence-corrected chi connectivity index (χ2v) is 5.45. The van der Waals surface area contributed by atoms with Crippen molar-refractivity contribution in [2.45, 2.75) is 18.9 Å². The maximum atomic E-state index is 12.2. The van der Waals surface area contributed by atoms with Crippen molar-refractivity contribution in [2.24, 2.45) is 0 Å². The molecule has 0 aliphatic rings. The molecule has 0 unspecified atom stereocenters. The fourth-order valence-corrected chi connectivity index (χ4v) is 2.23. The molecule has 0 aliphatic carbocycles. The topological polar surface area (TPSA) is 63.7 Å². The number of ether oxygens (including phenoxy) is 1. The average molecular weight is 343 g/mol. The third kappa shape index (κ3) is 5.44. The molecule has 8 heteroatoms. The van der Waals surface area contributed by atoms with E-state index in [-0.39, 0.29) is 18.6 Å². The number of hydrogen-bond acceptors (Lipinski definition) is 5. The van der Waals surface area contributed by atoms with Crippen LogP contribution in [-0.4, -0.2) is 50.4 Å². The maximum absolute atomic E-state index is 12.2. The Hall–Kier alpha value is -1.37. The summed E-state index contributed by atoms with van der Waals surface area (Å²) in [4.78, 5) is 35.6. The first kappa shape index (κ1) is 18.7. The molecule has 1 radical (unpaired) electrons. The van der Waals surface area contributed by atoms with Crippen molar-refractivity contribution < 1.29 is 19.1 Å². The highest BCUT2D eigenvalue weighted by Crippen LogP contribution is 2.23. The van der Waals surface area contributed by atoms with Gasteiger partial charge in [-0.15, -0.1) is 0 Å². The predicted octanol–water partition coefficient (Wildman–Crippen LogP) is 1.78. The number of benzene rings is 1. The van der Waals surface area contributed by atoms with Gasteiger partial charge in [-0.1, -0.05) is 29.3 Å². The summed E-state index contributed by atoms with van der Waals surface area (Å²) in [6.07, 6.45) is 0.500. The number of methoxy groups -OCH3 is 1. The lowest BCUT2D eigenvalue weighted by atomic mass is 9.88. The predicted molar refractivity (Wildman–Crippen MR) is 85.9 cm³/mol. The van der Waals surface area contributed by atoms with Gasteiger partial charge in [-0.2, -0.15) is 0 Å². The molecule has 0 heterocycles. The van der Waals surface area contributed by atoms with Crippen molar-refractivity contribution in [3.8, 4) is 0 Å². The van der Waals surface area contributed by atoms with Gasteiger partial charge in [0.15, 0.2) is 5.78 Å². The molecule has 0 N–H and O–H groups in total. The summed E-state index contributed by atoms with van der Waals surface area (Å²) in [6, 6.07) is 4.34. The van der Waals surface area contributed by atoms with Crippen LogP contribution in [0.4, 0.5) is 0 Å². The Morgan fingerprint density at radius 2 is 2.05 bits per heavy atom. The Morgan fingerprint density at radius 1 is 1.36 bits per heavy atom. The quantitative estimate of drug-likeness (QED) is 0.312. The largest absolute Gasteiger partial charge is 0.469 e. The van der Waals surface area contributed by atoms with E-state index in [9.17, 15) is 14.4 Å². The molecule has 0 spiro atoms. The lowest BCUT2D eigenvalue weighted by Gasteiger charge is -2.25. The molecule has 1 atom stereocenters. The van der Waals surface area contributed by atoms with E-state index in [4.69, 9.17) is 23.2 Å². The van der Waals surface area contributed by atoms with Gasteiger partial charge in [0.05, 0.1) is 29.4 Å². The molecule has 22 heavy (non-hydrogen) atoms. The Balaban J connectivity index is 2.94. The van der Waals surface area contributed by atoms with Crippen LogP contribution >= 0.6 is 23.2 Å². The van der Waals surface area contributed by atoms with Crippen LogP contribution < -0.4 is 0 Å². The smallest absolute Gasteiger partial charge is 0.313 e.